The predicted molar refractivity (Wildman–Crippen MR) is 125 cm³/mol. The maximum absolute atomic E-state index is 9.56. The van der Waals surface area contributed by atoms with Crippen LogP contribution in [0.25, 0.3) is 16.8 Å². The van der Waals surface area contributed by atoms with Crippen molar-refractivity contribution in [3.63, 3.8) is 0 Å². The molecule has 162 valence electrons. The average Bonchev–Trinajstić information content (AvgIpc) is 3.44. The summed E-state index contributed by atoms with van der Waals surface area (Å²) >= 11 is 0. The molecular weight excluding hydrogens is 398 g/mol. The Labute approximate surface area is 187 Å². The number of aliphatic hydroxyl groups is 1. The number of fused-ring (bicyclic) bond motifs is 2. The van der Waals surface area contributed by atoms with E-state index in [-0.39, 0.29) is 6.61 Å². The molecule has 3 aromatic heterocycles. The van der Waals surface area contributed by atoms with Crippen LogP contribution in [0.15, 0.2) is 54.9 Å². The summed E-state index contributed by atoms with van der Waals surface area (Å²) in [6.45, 7) is 4.08. The van der Waals surface area contributed by atoms with Crippen molar-refractivity contribution >= 4 is 11.3 Å². The van der Waals surface area contributed by atoms with Gasteiger partial charge in [0.2, 0.25) is 0 Å². The number of rotatable bonds is 3. The molecule has 1 aromatic carbocycles. The molecule has 0 unspecified atom stereocenters. The summed E-state index contributed by atoms with van der Waals surface area (Å²) in [5.41, 5.74) is 7.95. The highest BCUT2D eigenvalue weighted by atomic mass is 16.3. The van der Waals surface area contributed by atoms with Gasteiger partial charge in [-0.3, -0.25) is 4.98 Å². The van der Waals surface area contributed by atoms with Gasteiger partial charge < -0.3 is 10.0 Å². The van der Waals surface area contributed by atoms with Crippen LogP contribution in [-0.4, -0.2) is 37.8 Å². The van der Waals surface area contributed by atoms with Crippen molar-refractivity contribution in [3.05, 3.63) is 77.4 Å². The first-order chi connectivity index (χ1) is 15.7. The van der Waals surface area contributed by atoms with E-state index in [9.17, 15) is 5.11 Å². The minimum absolute atomic E-state index is 0.0234. The van der Waals surface area contributed by atoms with Crippen LogP contribution in [0.3, 0.4) is 0 Å². The lowest BCUT2D eigenvalue weighted by molar-refractivity contribution is 0.231. The number of hydrogen-bond donors (Lipinski definition) is 1. The van der Waals surface area contributed by atoms with Gasteiger partial charge in [0.1, 0.15) is 5.52 Å². The highest BCUT2D eigenvalue weighted by Crippen LogP contribution is 2.44. The van der Waals surface area contributed by atoms with Gasteiger partial charge >= 0.3 is 0 Å². The molecule has 1 N–H and O–H groups in total. The molecule has 6 nitrogen and oxygen atoms in total. The van der Waals surface area contributed by atoms with Crippen molar-refractivity contribution in [1.82, 2.24) is 19.6 Å². The second-order valence-corrected chi connectivity index (χ2v) is 9.31. The van der Waals surface area contributed by atoms with E-state index in [4.69, 9.17) is 4.98 Å². The molecule has 0 atom stereocenters. The SMILES string of the molecule is Cc1nc(N2CCC3(CC2)Cc2cccnc2C3)c2ccnn2c1-c1cccc(CO)c1. The van der Waals surface area contributed by atoms with E-state index in [0.29, 0.717) is 5.41 Å². The lowest BCUT2D eigenvalue weighted by atomic mass is 9.76. The number of hydrogen-bond acceptors (Lipinski definition) is 5. The maximum Gasteiger partial charge on any atom is 0.155 e. The molecule has 6 heteroatoms. The number of benzene rings is 1. The van der Waals surface area contributed by atoms with Crippen LogP contribution in [0.2, 0.25) is 0 Å². The second kappa shape index (κ2) is 7.41. The average molecular weight is 426 g/mol. The first-order valence-electron chi connectivity index (χ1n) is 11.4. The van der Waals surface area contributed by atoms with Crippen molar-refractivity contribution in [2.45, 2.75) is 39.2 Å². The Hall–Kier alpha value is -3.25. The van der Waals surface area contributed by atoms with E-state index in [1.54, 1.807) is 0 Å². The van der Waals surface area contributed by atoms with Gasteiger partial charge in [-0.15, -0.1) is 0 Å². The number of anilines is 1. The zero-order valence-electron chi connectivity index (χ0n) is 18.3. The quantitative estimate of drug-likeness (QED) is 0.538. The Morgan fingerprint density at radius 2 is 1.91 bits per heavy atom. The summed E-state index contributed by atoms with van der Waals surface area (Å²) in [6, 6.07) is 14.3. The Morgan fingerprint density at radius 3 is 2.72 bits per heavy atom. The van der Waals surface area contributed by atoms with Crippen LogP contribution in [0.4, 0.5) is 5.82 Å². The van der Waals surface area contributed by atoms with Crippen molar-refractivity contribution in [2.24, 2.45) is 5.41 Å². The highest BCUT2D eigenvalue weighted by Gasteiger charge is 2.41. The van der Waals surface area contributed by atoms with Crippen LogP contribution >= 0.6 is 0 Å². The lowest BCUT2D eigenvalue weighted by Gasteiger charge is -2.40. The fourth-order valence-corrected chi connectivity index (χ4v) is 5.61. The second-order valence-electron chi connectivity index (χ2n) is 9.31. The van der Waals surface area contributed by atoms with Crippen molar-refractivity contribution in [2.75, 3.05) is 18.0 Å². The molecule has 1 spiro atoms. The molecule has 6 rings (SSSR count). The first kappa shape index (κ1) is 19.4. The van der Waals surface area contributed by atoms with Crippen molar-refractivity contribution in [1.29, 1.82) is 0 Å². The Bertz CT molecular complexity index is 1280. The minimum Gasteiger partial charge on any atom is -0.392 e. The number of aryl methyl sites for hydroxylation is 1. The van der Waals surface area contributed by atoms with Crippen LogP contribution in [0.1, 0.15) is 35.4 Å². The zero-order chi connectivity index (χ0) is 21.7. The summed E-state index contributed by atoms with van der Waals surface area (Å²) in [7, 11) is 0. The normalized spacial score (nSPS) is 17.2. The number of piperidine rings is 1. The van der Waals surface area contributed by atoms with Gasteiger partial charge in [-0.05, 0) is 67.3 Å². The van der Waals surface area contributed by atoms with Gasteiger partial charge in [0.25, 0.3) is 0 Å². The van der Waals surface area contributed by atoms with E-state index in [1.165, 1.54) is 11.3 Å². The van der Waals surface area contributed by atoms with Gasteiger partial charge in [-0.1, -0.05) is 24.3 Å². The summed E-state index contributed by atoms with van der Waals surface area (Å²) in [5, 5.41) is 14.2. The molecule has 0 amide bonds. The van der Waals surface area contributed by atoms with Gasteiger partial charge in [-0.25, -0.2) is 9.50 Å². The van der Waals surface area contributed by atoms with Gasteiger partial charge in [-0.2, -0.15) is 5.10 Å². The Kier molecular flexibility index (Phi) is 4.50. The smallest absolute Gasteiger partial charge is 0.155 e. The van der Waals surface area contributed by atoms with Crippen LogP contribution in [0, 0.1) is 12.3 Å². The summed E-state index contributed by atoms with van der Waals surface area (Å²) in [6.07, 6.45) is 8.34. The lowest BCUT2D eigenvalue weighted by Crippen LogP contribution is -2.41. The van der Waals surface area contributed by atoms with Crippen LogP contribution < -0.4 is 4.90 Å². The molecular formula is C26H27N5O. The molecule has 1 saturated heterocycles. The van der Waals surface area contributed by atoms with Crippen molar-refractivity contribution < 1.29 is 5.11 Å². The van der Waals surface area contributed by atoms with Crippen LogP contribution in [-0.2, 0) is 19.4 Å². The topological polar surface area (TPSA) is 66.6 Å². The largest absolute Gasteiger partial charge is 0.392 e. The fourth-order valence-electron chi connectivity index (χ4n) is 5.61. The van der Waals surface area contributed by atoms with E-state index in [2.05, 4.69) is 46.2 Å². The summed E-state index contributed by atoms with van der Waals surface area (Å²) < 4.78 is 2.01. The molecule has 1 aliphatic heterocycles. The monoisotopic (exact) mass is 425 g/mol. The van der Waals surface area contributed by atoms with Gasteiger partial charge in [0, 0.05) is 30.5 Å². The first-order valence-corrected chi connectivity index (χ1v) is 11.4. The number of aliphatic hydroxyl groups excluding tert-OH is 1. The molecule has 4 aromatic rings. The van der Waals surface area contributed by atoms with E-state index in [1.807, 2.05) is 35.1 Å². The Balaban J connectivity index is 1.31. The van der Waals surface area contributed by atoms with E-state index < -0.39 is 0 Å². The molecule has 2 aliphatic rings. The molecule has 0 radical (unpaired) electrons. The zero-order valence-corrected chi connectivity index (χ0v) is 18.3. The third kappa shape index (κ3) is 3.09. The number of pyridine rings is 1. The molecule has 32 heavy (non-hydrogen) atoms. The fraction of sp³-hybridized carbons (Fsp3) is 0.346. The number of aromatic nitrogens is 4. The van der Waals surface area contributed by atoms with Crippen LogP contribution in [0.5, 0.6) is 0 Å². The Morgan fingerprint density at radius 1 is 1.03 bits per heavy atom. The van der Waals surface area contributed by atoms with E-state index >= 15 is 0 Å². The summed E-state index contributed by atoms with van der Waals surface area (Å²) in [5.74, 6) is 1.02. The standard InChI is InChI=1S/C26H27N5O/c1-18-24(20-5-2-4-19(14-20)17-32)31-23(7-11-28-31)25(29-18)30-12-8-26(9-13-30)15-21-6-3-10-27-22(21)16-26/h2-7,10-11,14,32H,8-9,12-13,15-17H2,1H3. The molecule has 4 heterocycles. The van der Waals surface area contributed by atoms with Gasteiger partial charge in [0.15, 0.2) is 5.82 Å². The third-order valence-electron chi connectivity index (χ3n) is 7.30. The molecule has 0 bridgehead atoms. The van der Waals surface area contributed by atoms with E-state index in [0.717, 1.165) is 72.6 Å². The highest BCUT2D eigenvalue weighted by molar-refractivity contribution is 5.75. The minimum atomic E-state index is 0.0234. The predicted octanol–water partition coefficient (Wildman–Crippen LogP) is 3.98. The molecule has 1 aliphatic carbocycles. The molecule has 0 saturated carbocycles. The maximum atomic E-state index is 9.56. The van der Waals surface area contributed by atoms with Crippen molar-refractivity contribution in [3.8, 4) is 11.3 Å². The van der Waals surface area contributed by atoms with Gasteiger partial charge in [0.05, 0.1) is 24.2 Å². The molecule has 1 fully saturated rings. The summed E-state index contributed by atoms with van der Waals surface area (Å²) in [4.78, 5) is 12.1. The third-order valence-corrected chi connectivity index (χ3v) is 7.30. The number of nitrogens with zero attached hydrogens (tertiary/aromatic N) is 5.